The van der Waals surface area contributed by atoms with Gasteiger partial charge in [0.15, 0.2) is 0 Å². The van der Waals surface area contributed by atoms with Crippen molar-refractivity contribution in [2.24, 2.45) is 5.73 Å². The van der Waals surface area contributed by atoms with E-state index in [1.165, 1.54) is 0 Å². The largest absolute Gasteiger partial charge is 0.481 e. The van der Waals surface area contributed by atoms with Crippen molar-refractivity contribution in [2.45, 2.75) is 19.9 Å². The zero-order valence-corrected chi connectivity index (χ0v) is 10.1. The average Bonchev–Trinajstić information content (AvgIpc) is 2.71. The lowest BCUT2D eigenvalue weighted by molar-refractivity contribution is -0.136. The first-order valence-corrected chi connectivity index (χ1v) is 5.66. The van der Waals surface area contributed by atoms with Crippen LogP contribution in [-0.4, -0.2) is 20.9 Å². The molecule has 0 aliphatic carbocycles. The molecule has 94 valence electrons. The number of aromatic nitrogens is 2. The molecule has 2 aromatic rings. The smallest absolute Gasteiger partial charge is 0.307 e. The van der Waals surface area contributed by atoms with Gasteiger partial charge in [0.05, 0.1) is 17.8 Å². The molecule has 18 heavy (non-hydrogen) atoms. The van der Waals surface area contributed by atoms with Gasteiger partial charge in [0.1, 0.15) is 0 Å². The lowest BCUT2D eigenvalue weighted by Gasteiger charge is -2.02. The highest BCUT2D eigenvalue weighted by Gasteiger charge is 2.05. The van der Waals surface area contributed by atoms with Crippen molar-refractivity contribution < 1.29 is 9.90 Å². The van der Waals surface area contributed by atoms with Gasteiger partial charge in [-0.1, -0.05) is 12.1 Å². The van der Waals surface area contributed by atoms with Gasteiger partial charge in [-0.05, 0) is 24.6 Å². The fraction of sp³-hybridized carbons (Fsp3) is 0.231. The van der Waals surface area contributed by atoms with E-state index in [4.69, 9.17) is 10.8 Å². The molecule has 0 fully saturated rings. The molecule has 5 heteroatoms. The first-order chi connectivity index (χ1) is 8.60. The highest BCUT2D eigenvalue weighted by Crippen LogP contribution is 2.13. The van der Waals surface area contributed by atoms with Crippen molar-refractivity contribution in [1.29, 1.82) is 0 Å². The normalized spacial score (nSPS) is 10.6. The van der Waals surface area contributed by atoms with Gasteiger partial charge < -0.3 is 10.8 Å². The highest BCUT2D eigenvalue weighted by molar-refractivity contribution is 5.70. The molecule has 0 unspecified atom stereocenters. The van der Waals surface area contributed by atoms with E-state index in [0.717, 1.165) is 22.5 Å². The summed E-state index contributed by atoms with van der Waals surface area (Å²) in [5.41, 5.74) is 9.18. The van der Waals surface area contributed by atoms with Crippen LogP contribution in [0.1, 0.15) is 16.8 Å². The number of nitrogens with zero attached hydrogens (tertiary/aromatic N) is 2. The third kappa shape index (κ3) is 2.57. The number of carboxylic acid groups (broad SMARTS) is 1. The Kier molecular flexibility index (Phi) is 3.43. The summed E-state index contributed by atoms with van der Waals surface area (Å²) in [4.78, 5) is 10.6. The second kappa shape index (κ2) is 5.01. The van der Waals surface area contributed by atoms with Crippen molar-refractivity contribution in [3.05, 3.63) is 47.3 Å². The van der Waals surface area contributed by atoms with Crippen molar-refractivity contribution >= 4 is 5.97 Å². The van der Waals surface area contributed by atoms with Gasteiger partial charge in [-0.15, -0.1) is 0 Å². The zero-order valence-electron chi connectivity index (χ0n) is 10.1. The standard InChI is InChI=1S/C13H15N3O2/c1-9-11(7-14)8-16(15-9)12-4-2-10(3-5-12)6-13(17)18/h2-5,8H,6-7,14H2,1H3,(H,17,18). The Labute approximate surface area is 105 Å². The summed E-state index contributed by atoms with van der Waals surface area (Å²) in [6.45, 7) is 2.38. The second-order valence-corrected chi connectivity index (χ2v) is 4.13. The SMILES string of the molecule is Cc1nn(-c2ccc(CC(=O)O)cc2)cc1CN. The predicted molar refractivity (Wildman–Crippen MR) is 67.5 cm³/mol. The van der Waals surface area contributed by atoms with Gasteiger partial charge in [-0.3, -0.25) is 4.79 Å². The zero-order chi connectivity index (χ0) is 13.1. The van der Waals surface area contributed by atoms with E-state index in [1.807, 2.05) is 25.3 Å². The molecule has 0 radical (unpaired) electrons. The summed E-state index contributed by atoms with van der Waals surface area (Å²) in [5.74, 6) is -0.830. The van der Waals surface area contributed by atoms with Crippen LogP contribution in [0.15, 0.2) is 30.5 Å². The van der Waals surface area contributed by atoms with Crippen LogP contribution in [0.25, 0.3) is 5.69 Å². The maximum Gasteiger partial charge on any atom is 0.307 e. The van der Waals surface area contributed by atoms with Gasteiger partial charge in [-0.25, -0.2) is 4.68 Å². The second-order valence-electron chi connectivity index (χ2n) is 4.13. The number of aryl methyl sites for hydroxylation is 1. The van der Waals surface area contributed by atoms with Crippen LogP contribution in [0, 0.1) is 6.92 Å². The molecule has 3 N–H and O–H groups in total. The first-order valence-electron chi connectivity index (χ1n) is 5.66. The number of nitrogens with two attached hydrogens (primary N) is 1. The Morgan fingerprint density at radius 1 is 1.39 bits per heavy atom. The number of benzene rings is 1. The molecule has 0 spiro atoms. The number of aliphatic carboxylic acids is 1. The quantitative estimate of drug-likeness (QED) is 0.849. The maximum atomic E-state index is 10.6. The third-order valence-corrected chi connectivity index (χ3v) is 2.78. The summed E-state index contributed by atoms with van der Waals surface area (Å²) >= 11 is 0. The van der Waals surface area contributed by atoms with Gasteiger partial charge >= 0.3 is 5.97 Å². The molecule has 1 heterocycles. The molecule has 2 rings (SSSR count). The lowest BCUT2D eigenvalue weighted by atomic mass is 10.1. The van der Waals surface area contributed by atoms with Crippen molar-refractivity contribution in [1.82, 2.24) is 9.78 Å². The molecule has 0 saturated carbocycles. The van der Waals surface area contributed by atoms with Gasteiger partial charge in [0.2, 0.25) is 0 Å². The molecular weight excluding hydrogens is 230 g/mol. The van der Waals surface area contributed by atoms with Crippen molar-refractivity contribution in [3.63, 3.8) is 0 Å². The number of hydrogen-bond donors (Lipinski definition) is 2. The van der Waals surface area contributed by atoms with Crippen LogP contribution < -0.4 is 5.73 Å². The van der Waals surface area contributed by atoms with Crippen LogP contribution in [-0.2, 0) is 17.8 Å². The van der Waals surface area contributed by atoms with E-state index >= 15 is 0 Å². The molecule has 0 bridgehead atoms. The van der Waals surface area contributed by atoms with Gasteiger partial charge in [0, 0.05) is 18.3 Å². The topological polar surface area (TPSA) is 81.1 Å². The average molecular weight is 245 g/mol. The van der Waals surface area contributed by atoms with Crippen LogP contribution in [0.4, 0.5) is 0 Å². The fourth-order valence-corrected chi connectivity index (χ4v) is 1.77. The molecule has 1 aromatic heterocycles. The number of carboxylic acids is 1. The van der Waals surface area contributed by atoms with Crippen molar-refractivity contribution in [2.75, 3.05) is 0 Å². The van der Waals surface area contributed by atoms with E-state index in [1.54, 1.807) is 16.8 Å². The molecule has 0 aliphatic rings. The Balaban J connectivity index is 2.25. The van der Waals surface area contributed by atoms with Crippen LogP contribution >= 0.6 is 0 Å². The Morgan fingerprint density at radius 2 is 2.06 bits per heavy atom. The van der Waals surface area contributed by atoms with E-state index in [9.17, 15) is 4.79 Å². The summed E-state index contributed by atoms with van der Waals surface area (Å²) in [6, 6.07) is 7.29. The number of hydrogen-bond acceptors (Lipinski definition) is 3. The van der Waals surface area contributed by atoms with Crippen molar-refractivity contribution in [3.8, 4) is 5.69 Å². The van der Waals surface area contributed by atoms with Gasteiger partial charge in [-0.2, -0.15) is 5.10 Å². The van der Waals surface area contributed by atoms with E-state index in [-0.39, 0.29) is 6.42 Å². The number of carbonyl (C=O) groups is 1. The fourth-order valence-electron chi connectivity index (χ4n) is 1.77. The van der Waals surface area contributed by atoms with Gasteiger partial charge in [0.25, 0.3) is 0 Å². The molecule has 0 aliphatic heterocycles. The summed E-state index contributed by atoms with van der Waals surface area (Å²) in [6.07, 6.45) is 1.92. The van der Waals surface area contributed by atoms with E-state index in [0.29, 0.717) is 6.54 Å². The molecule has 1 aromatic carbocycles. The molecule has 5 nitrogen and oxygen atoms in total. The first kappa shape index (κ1) is 12.3. The Hall–Kier alpha value is -2.14. The lowest BCUT2D eigenvalue weighted by Crippen LogP contribution is -2.01. The molecular formula is C13H15N3O2. The minimum Gasteiger partial charge on any atom is -0.481 e. The van der Waals surface area contributed by atoms with Crippen LogP contribution in [0.3, 0.4) is 0 Å². The predicted octanol–water partition coefficient (Wildman–Crippen LogP) is 1.27. The summed E-state index contributed by atoms with van der Waals surface area (Å²) in [7, 11) is 0. The summed E-state index contributed by atoms with van der Waals surface area (Å²) < 4.78 is 1.75. The minimum atomic E-state index is -0.830. The van der Waals surface area contributed by atoms with Crippen LogP contribution in [0.2, 0.25) is 0 Å². The highest BCUT2D eigenvalue weighted by atomic mass is 16.4. The van der Waals surface area contributed by atoms with Crippen LogP contribution in [0.5, 0.6) is 0 Å². The number of rotatable bonds is 4. The molecule has 0 atom stereocenters. The summed E-state index contributed by atoms with van der Waals surface area (Å²) in [5, 5.41) is 13.1. The molecule has 0 amide bonds. The Bertz CT molecular complexity index is 558. The Morgan fingerprint density at radius 3 is 2.56 bits per heavy atom. The van der Waals surface area contributed by atoms with E-state index in [2.05, 4.69) is 5.10 Å². The minimum absolute atomic E-state index is 0.0342. The van der Waals surface area contributed by atoms with E-state index < -0.39 is 5.97 Å². The monoisotopic (exact) mass is 245 g/mol. The third-order valence-electron chi connectivity index (χ3n) is 2.78. The molecule has 0 saturated heterocycles. The maximum absolute atomic E-state index is 10.6.